The largest absolute Gasteiger partial charge is 0.331 e. The molecule has 1 aliphatic heterocycles. The van der Waals surface area contributed by atoms with Crippen LogP contribution < -0.4 is 0 Å². The third kappa shape index (κ3) is 5.10. The van der Waals surface area contributed by atoms with Gasteiger partial charge in [0.15, 0.2) is 0 Å². The van der Waals surface area contributed by atoms with E-state index in [0.29, 0.717) is 0 Å². The average molecular weight is 702 g/mol. The van der Waals surface area contributed by atoms with Crippen LogP contribution in [-0.4, -0.2) is 4.57 Å². The molecule has 7 aromatic carbocycles. The normalized spacial score (nSPS) is 16.2. The van der Waals surface area contributed by atoms with E-state index in [1.165, 1.54) is 85.9 Å². The summed E-state index contributed by atoms with van der Waals surface area (Å²) in [6.07, 6.45) is 9.96. The fraction of sp³-hybridized carbons (Fsp3) is 0.0612. The predicted octanol–water partition coefficient (Wildman–Crippen LogP) is 14.3. The third-order valence-electron chi connectivity index (χ3n) is 10.6. The Morgan fingerprint density at radius 1 is 0.481 bits per heavy atom. The molecule has 0 N–H and O–H groups in total. The highest BCUT2D eigenvalue weighted by molar-refractivity contribution is 8.00. The van der Waals surface area contributed by atoms with Gasteiger partial charge in [0, 0.05) is 47.0 Å². The Bertz CT molecular complexity index is 2730. The minimum absolute atomic E-state index is 0.136. The van der Waals surface area contributed by atoms with E-state index in [-0.39, 0.29) is 5.54 Å². The Kier molecular flexibility index (Phi) is 7.60. The molecule has 52 heavy (non-hydrogen) atoms. The molecule has 1 aliphatic carbocycles. The molecule has 0 saturated heterocycles. The smallest absolute Gasteiger partial charge is 0.0643 e. The summed E-state index contributed by atoms with van der Waals surface area (Å²) in [5, 5.41) is 2.58. The summed E-state index contributed by atoms with van der Waals surface area (Å²) in [5.41, 5.74) is 12.4. The van der Waals surface area contributed by atoms with Crippen molar-refractivity contribution >= 4 is 45.3 Å². The van der Waals surface area contributed by atoms with Gasteiger partial charge >= 0.3 is 0 Å². The monoisotopic (exact) mass is 701 g/mol. The summed E-state index contributed by atoms with van der Waals surface area (Å²) in [4.78, 5) is 5.05. The van der Waals surface area contributed by atoms with Crippen molar-refractivity contribution in [2.75, 3.05) is 0 Å². The van der Waals surface area contributed by atoms with E-state index in [1.807, 2.05) is 23.5 Å². The fourth-order valence-corrected chi connectivity index (χ4v) is 10.6. The Labute approximate surface area is 313 Å². The molecular weight excluding hydrogens is 667 g/mol. The van der Waals surface area contributed by atoms with Gasteiger partial charge in [0.25, 0.3) is 0 Å². The molecule has 0 amide bonds. The highest BCUT2D eigenvalue weighted by Gasteiger charge is 2.28. The van der Waals surface area contributed by atoms with E-state index in [1.54, 1.807) is 0 Å². The van der Waals surface area contributed by atoms with Crippen molar-refractivity contribution in [3.63, 3.8) is 0 Å². The highest BCUT2D eigenvalue weighted by Crippen LogP contribution is 2.53. The first-order valence-electron chi connectivity index (χ1n) is 17.9. The first-order chi connectivity index (χ1) is 25.7. The molecule has 8 aromatic rings. The molecule has 0 spiro atoms. The second-order valence-electron chi connectivity index (χ2n) is 13.9. The van der Waals surface area contributed by atoms with E-state index in [2.05, 4.69) is 194 Å². The van der Waals surface area contributed by atoms with Gasteiger partial charge in [-0.3, -0.25) is 0 Å². The van der Waals surface area contributed by atoms with Crippen LogP contribution in [0, 0.1) is 0 Å². The van der Waals surface area contributed by atoms with Crippen molar-refractivity contribution in [3.05, 3.63) is 182 Å². The second-order valence-corrected chi connectivity index (χ2v) is 16.0. The minimum Gasteiger partial charge on any atom is -0.331 e. The summed E-state index contributed by atoms with van der Waals surface area (Å²) in [5.74, 6) is 0. The van der Waals surface area contributed by atoms with Crippen molar-refractivity contribution in [1.82, 2.24) is 4.57 Å². The molecule has 0 radical (unpaired) electrons. The molecule has 0 saturated carbocycles. The number of hydrogen-bond donors (Lipinski definition) is 0. The first-order valence-corrected chi connectivity index (χ1v) is 19.5. The molecule has 1 unspecified atom stereocenters. The molecule has 248 valence electrons. The Morgan fingerprint density at radius 3 is 1.98 bits per heavy atom. The highest BCUT2D eigenvalue weighted by atomic mass is 32.2. The van der Waals surface area contributed by atoms with Gasteiger partial charge in [0.2, 0.25) is 0 Å². The molecule has 1 nitrogen and oxygen atoms in total. The molecule has 10 rings (SSSR count). The topological polar surface area (TPSA) is 4.93 Å². The number of nitrogens with zero attached hydrogens (tertiary/aromatic N) is 1. The van der Waals surface area contributed by atoms with Gasteiger partial charge in [0.05, 0.1) is 5.54 Å². The number of hydrogen-bond acceptors (Lipinski definition) is 2. The van der Waals surface area contributed by atoms with Crippen molar-refractivity contribution in [2.24, 2.45) is 0 Å². The van der Waals surface area contributed by atoms with E-state index in [9.17, 15) is 0 Å². The molecule has 1 aromatic heterocycles. The number of fused-ring (bicyclic) bond motifs is 9. The van der Waals surface area contributed by atoms with Crippen LogP contribution in [0.2, 0.25) is 0 Å². The van der Waals surface area contributed by atoms with E-state index >= 15 is 0 Å². The predicted molar refractivity (Wildman–Crippen MR) is 222 cm³/mol. The van der Waals surface area contributed by atoms with Crippen molar-refractivity contribution in [1.29, 1.82) is 0 Å². The van der Waals surface area contributed by atoms with Crippen LogP contribution in [0.25, 0.3) is 66.3 Å². The zero-order chi connectivity index (χ0) is 34.6. The van der Waals surface area contributed by atoms with E-state index in [4.69, 9.17) is 0 Å². The molecule has 3 heteroatoms. The number of benzene rings is 7. The zero-order valence-electron chi connectivity index (χ0n) is 28.8. The van der Waals surface area contributed by atoms with Gasteiger partial charge < -0.3 is 4.57 Å². The second kappa shape index (κ2) is 12.6. The van der Waals surface area contributed by atoms with Gasteiger partial charge in [0.1, 0.15) is 0 Å². The lowest BCUT2D eigenvalue weighted by atomic mass is 9.92. The quantitative estimate of drug-likeness (QED) is 0.181. The van der Waals surface area contributed by atoms with Crippen molar-refractivity contribution in [3.8, 4) is 44.5 Å². The lowest BCUT2D eigenvalue weighted by molar-refractivity contribution is 0.437. The van der Waals surface area contributed by atoms with Gasteiger partial charge in [-0.1, -0.05) is 169 Å². The molecule has 1 atom stereocenters. The number of allylic oxidation sites excluding steroid dienone is 4. The van der Waals surface area contributed by atoms with Gasteiger partial charge in [-0.15, -0.1) is 0 Å². The van der Waals surface area contributed by atoms with Crippen molar-refractivity contribution in [2.45, 2.75) is 38.5 Å². The molecular formula is C49H35NS2. The van der Waals surface area contributed by atoms with Crippen LogP contribution in [0.15, 0.2) is 202 Å². The number of para-hydroxylation sites is 1. The first kappa shape index (κ1) is 31.3. The lowest BCUT2D eigenvalue weighted by Crippen LogP contribution is -2.27. The summed E-state index contributed by atoms with van der Waals surface area (Å²) >= 11 is 3.77. The standard InChI is InChI=1S/C49H35NS2/c1-49(30-12-3-13-31-49)50-42-24-9-6-18-37(42)41-32-34(28-29-43(41)50)35-21-15-27-46-47(35)40-20-8-11-26-45(40)51-44-25-10-7-19-38(44)39-23-14-22-36(48(39)52-46)33-16-4-2-5-17-33/h2-30,32H,31H2,1H3. The van der Waals surface area contributed by atoms with Crippen LogP contribution in [-0.2, 0) is 5.54 Å². The van der Waals surface area contributed by atoms with E-state index in [0.717, 1.165) is 6.42 Å². The van der Waals surface area contributed by atoms with Gasteiger partial charge in [-0.25, -0.2) is 0 Å². The van der Waals surface area contributed by atoms with Gasteiger partial charge in [-0.05, 0) is 88.7 Å². The maximum Gasteiger partial charge on any atom is 0.0643 e. The van der Waals surface area contributed by atoms with Crippen LogP contribution in [0.5, 0.6) is 0 Å². The molecule has 0 bridgehead atoms. The fourth-order valence-electron chi connectivity index (χ4n) is 8.18. The van der Waals surface area contributed by atoms with Gasteiger partial charge in [-0.2, -0.15) is 0 Å². The third-order valence-corrected chi connectivity index (χ3v) is 13.0. The Hall–Kier alpha value is -5.48. The van der Waals surface area contributed by atoms with Crippen LogP contribution in [0.4, 0.5) is 0 Å². The minimum atomic E-state index is -0.136. The van der Waals surface area contributed by atoms with Crippen LogP contribution in [0.3, 0.4) is 0 Å². The zero-order valence-corrected chi connectivity index (χ0v) is 30.4. The summed E-state index contributed by atoms with van der Waals surface area (Å²) in [6, 6.07) is 58.4. The lowest BCUT2D eigenvalue weighted by Gasteiger charge is -2.31. The summed E-state index contributed by atoms with van der Waals surface area (Å²) in [7, 11) is 0. The molecule has 2 heterocycles. The molecule has 2 aliphatic rings. The number of aromatic nitrogens is 1. The maximum absolute atomic E-state index is 2.55. The summed E-state index contributed by atoms with van der Waals surface area (Å²) in [6.45, 7) is 2.35. The Morgan fingerprint density at radius 2 is 1.13 bits per heavy atom. The summed E-state index contributed by atoms with van der Waals surface area (Å²) < 4.78 is 2.55. The van der Waals surface area contributed by atoms with Crippen LogP contribution >= 0.6 is 23.5 Å². The average Bonchev–Trinajstić information content (AvgIpc) is 3.54. The SMILES string of the molecule is CC1(n2c3ccccc3c3cc(-c4cccc5c4-c4ccccc4Sc4ccccc4-c4cccc(-c6ccccc6)c4S5)ccc32)C=CC=CC1. The number of rotatable bonds is 3. The Balaban J connectivity index is 1.24. The van der Waals surface area contributed by atoms with Crippen LogP contribution in [0.1, 0.15) is 13.3 Å². The maximum atomic E-state index is 2.55. The van der Waals surface area contributed by atoms with Crippen molar-refractivity contribution < 1.29 is 0 Å². The molecule has 0 fully saturated rings. The van der Waals surface area contributed by atoms with E-state index < -0.39 is 0 Å².